The molecule has 1 amide bonds. The van der Waals surface area contributed by atoms with Crippen LogP contribution >= 0.6 is 15.9 Å². The molecule has 15 heavy (non-hydrogen) atoms. The maximum absolute atomic E-state index is 13.0. The van der Waals surface area contributed by atoms with Gasteiger partial charge in [-0.25, -0.2) is 4.39 Å². The number of benzene rings is 1. The summed E-state index contributed by atoms with van der Waals surface area (Å²) < 4.78 is 13.6. The van der Waals surface area contributed by atoms with Crippen LogP contribution in [0.2, 0.25) is 0 Å². The average Bonchev–Trinajstić information content (AvgIpc) is 2.16. The molecule has 0 aliphatic carbocycles. The van der Waals surface area contributed by atoms with Gasteiger partial charge in [0.15, 0.2) is 0 Å². The van der Waals surface area contributed by atoms with Crippen molar-refractivity contribution in [1.82, 2.24) is 4.90 Å². The summed E-state index contributed by atoms with van der Waals surface area (Å²) in [6.45, 7) is 1.09. The second-order valence-electron chi connectivity index (χ2n) is 3.59. The topological polar surface area (TPSA) is 46.3 Å². The summed E-state index contributed by atoms with van der Waals surface area (Å²) in [5, 5.41) is 0. The van der Waals surface area contributed by atoms with E-state index in [0.29, 0.717) is 23.1 Å². The molecule has 2 rings (SSSR count). The molecule has 5 heteroatoms. The molecular formula is C10H10BrFN2O. The molecule has 1 aliphatic heterocycles. The van der Waals surface area contributed by atoms with Gasteiger partial charge >= 0.3 is 0 Å². The van der Waals surface area contributed by atoms with Gasteiger partial charge in [-0.05, 0) is 34.1 Å². The molecule has 1 aromatic carbocycles. The number of amides is 1. The van der Waals surface area contributed by atoms with Gasteiger partial charge in [0.2, 0.25) is 0 Å². The van der Waals surface area contributed by atoms with Crippen LogP contribution in [-0.4, -0.2) is 29.9 Å². The number of nitrogens with two attached hydrogens (primary N) is 1. The Morgan fingerprint density at radius 1 is 1.53 bits per heavy atom. The van der Waals surface area contributed by atoms with Crippen molar-refractivity contribution in [3.63, 3.8) is 0 Å². The summed E-state index contributed by atoms with van der Waals surface area (Å²) in [4.78, 5) is 13.4. The number of carbonyl (C=O) groups is 1. The summed E-state index contributed by atoms with van der Waals surface area (Å²) in [7, 11) is 0. The Morgan fingerprint density at radius 2 is 2.20 bits per heavy atom. The number of carbonyl (C=O) groups excluding carboxylic acids is 1. The Morgan fingerprint density at radius 3 is 2.80 bits per heavy atom. The standard InChI is InChI=1S/C10H10BrFN2O/c11-9-2-1-6(12)3-8(9)10(15)14-4-7(13)5-14/h1-3,7H,4-5,13H2. The molecule has 0 saturated carbocycles. The largest absolute Gasteiger partial charge is 0.335 e. The first-order chi connectivity index (χ1) is 7.08. The first-order valence-electron chi connectivity index (χ1n) is 4.58. The monoisotopic (exact) mass is 272 g/mol. The lowest BCUT2D eigenvalue weighted by molar-refractivity contribution is 0.0606. The number of halogens is 2. The molecule has 2 N–H and O–H groups in total. The SMILES string of the molecule is NC1CN(C(=O)c2cc(F)ccc2Br)C1. The minimum Gasteiger partial charge on any atom is -0.335 e. The summed E-state index contributed by atoms with van der Waals surface area (Å²) in [5.41, 5.74) is 5.92. The highest BCUT2D eigenvalue weighted by molar-refractivity contribution is 9.10. The Hall–Kier alpha value is -0.940. The van der Waals surface area contributed by atoms with E-state index < -0.39 is 5.82 Å². The summed E-state index contributed by atoms with van der Waals surface area (Å²) in [6, 6.07) is 4.13. The van der Waals surface area contributed by atoms with Crippen LogP contribution in [0, 0.1) is 5.82 Å². The van der Waals surface area contributed by atoms with E-state index in [-0.39, 0.29) is 11.9 Å². The van der Waals surface area contributed by atoms with E-state index >= 15 is 0 Å². The van der Waals surface area contributed by atoms with Gasteiger partial charge in [-0.3, -0.25) is 4.79 Å². The zero-order valence-corrected chi connectivity index (χ0v) is 9.50. The van der Waals surface area contributed by atoms with Gasteiger partial charge in [-0.15, -0.1) is 0 Å². The van der Waals surface area contributed by atoms with Gasteiger partial charge in [0.1, 0.15) is 5.82 Å². The van der Waals surface area contributed by atoms with Gasteiger partial charge in [0.05, 0.1) is 5.56 Å². The predicted molar refractivity (Wildman–Crippen MR) is 58.0 cm³/mol. The van der Waals surface area contributed by atoms with Crippen molar-refractivity contribution < 1.29 is 9.18 Å². The third-order valence-electron chi connectivity index (χ3n) is 2.36. The molecule has 1 fully saturated rings. The van der Waals surface area contributed by atoms with Crippen molar-refractivity contribution in [2.24, 2.45) is 5.73 Å². The lowest BCUT2D eigenvalue weighted by Gasteiger charge is -2.37. The highest BCUT2D eigenvalue weighted by Gasteiger charge is 2.29. The minimum atomic E-state index is -0.411. The highest BCUT2D eigenvalue weighted by Crippen LogP contribution is 2.21. The third-order valence-corrected chi connectivity index (χ3v) is 3.05. The van der Waals surface area contributed by atoms with E-state index in [0.717, 1.165) is 0 Å². The van der Waals surface area contributed by atoms with E-state index in [9.17, 15) is 9.18 Å². The molecule has 1 aromatic rings. The second-order valence-corrected chi connectivity index (χ2v) is 4.45. The molecule has 1 saturated heterocycles. The van der Waals surface area contributed by atoms with Gasteiger partial charge in [0.25, 0.3) is 5.91 Å². The number of rotatable bonds is 1. The Balaban J connectivity index is 2.22. The zero-order chi connectivity index (χ0) is 11.0. The Kier molecular flexibility index (Phi) is 2.75. The molecule has 1 aliphatic rings. The Bertz CT molecular complexity index is 404. The number of likely N-dealkylation sites (tertiary alicyclic amines) is 1. The van der Waals surface area contributed by atoms with Crippen LogP contribution < -0.4 is 5.73 Å². The van der Waals surface area contributed by atoms with Crippen LogP contribution in [0.15, 0.2) is 22.7 Å². The van der Waals surface area contributed by atoms with Crippen LogP contribution in [0.4, 0.5) is 4.39 Å². The molecule has 0 spiro atoms. The van der Waals surface area contributed by atoms with E-state index in [1.807, 2.05) is 0 Å². The summed E-state index contributed by atoms with van der Waals surface area (Å²) in [6.07, 6.45) is 0. The maximum Gasteiger partial charge on any atom is 0.255 e. The van der Waals surface area contributed by atoms with Gasteiger partial charge < -0.3 is 10.6 Å². The van der Waals surface area contributed by atoms with Crippen molar-refractivity contribution >= 4 is 21.8 Å². The number of hydrogen-bond donors (Lipinski definition) is 1. The third kappa shape index (κ3) is 2.03. The number of hydrogen-bond acceptors (Lipinski definition) is 2. The van der Waals surface area contributed by atoms with Crippen LogP contribution in [0.5, 0.6) is 0 Å². The van der Waals surface area contributed by atoms with E-state index in [1.54, 1.807) is 4.90 Å². The molecule has 0 aromatic heterocycles. The van der Waals surface area contributed by atoms with Gasteiger partial charge in [-0.1, -0.05) is 0 Å². The fraction of sp³-hybridized carbons (Fsp3) is 0.300. The van der Waals surface area contributed by atoms with Crippen LogP contribution in [0.1, 0.15) is 10.4 Å². The van der Waals surface area contributed by atoms with Crippen molar-refractivity contribution in [2.75, 3.05) is 13.1 Å². The molecule has 80 valence electrons. The minimum absolute atomic E-state index is 0.0567. The highest BCUT2D eigenvalue weighted by atomic mass is 79.9. The second kappa shape index (κ2) is 3.90. The summed E-state index contributed by atoms with van der Waals surface area (Å²) in [5.74, 6) is -0.588. The van der Waals surface area contributed by atoms with Crippen LogP contribution in [-0.2, 0) is 0 Å². The zero-order valence-electron chi connectivity index (χ0n) is 7.91. The lowest BCUT2D eigenvalue weighted by Crippen LogP contribution is -2.57. The van der Waals surface area contributed by atoms with Crippen molar-refractivity contribution in [3.05, 3.63) is 34.1 Å². The smallest absolute Gasteiger partial charge is 0.255 e. The first-order valence-corrected chi connectivity index (χ1v) is 5.37. The first kappa shape index (κ1) is 10.6. The fourth-order valence-electron chi connectivity index (χ4n) is 1.51. The quantitative estimate of drug-likeness (QED) is 0.840. The van der Waals surface area contributed by atoms with Crippen molar-refractivity contribution in [3.8, 4) is 0 Å². The fourth-order valence-corrected chi connectivity index (χ4v) is 1.93. The van der Waals surface area contributed by atoms with Crippen LogP contribution in [0.3, 0.4) is 0 Å². The Labute approximate surface area is 95.2 Å². The van der Waals surface area contributed by atoms with E-state index in [1.165, 1.54) is 18.2 Å². The van der Waals surface area contributed by atoms with Crippen molar-refractivity contribution in [2.45, 2.75) is 6.04 Å². The number of nitrogens with zero attached hydrogens (tertiary/aromatic N) is 1. The van der Waals surface area contributed by atoms with E-state index in [4.69, 9.17) is 5.73 Å². The molecule has 0 bridgehead atoms. The normalized spacial score (nSPS) is 16.3. The summed E-state index contributed by atoms with van der Waals surface area (Å²) >= 11 is 3.22. The maximum atomic E-state index is 13.0. The van der Waals surface area contributed by atoms with Gasteiger partial charge in [0, 0.05) is 23.6 Å². The average molecular weight is 273 g/mol. The van der Waals surface area contributed by atoms with Crippen molar-refractivity contribution in [1.29, 1.82) is 0 Å². The molecule has 0 unspecified atom stereocenters. The predicted octanol–water partition coefficient (Wildman–Crippen LogP) is 1.37. The van der Waals surface area contributed by atoms with Gasteiger partial charge in [-0.2, -0.15) is 0 Å². The molecule has 0 atom stereocenters. The lowest BCUT2D eigenvalue weighted by atomic mass is 10.1. The molecule has 1 heterocycles. The molecule has 0 radical (unpaired) electrons. The van der Waals surface area contributed by atoms with Crippen LogP contribution in [0.25, 0.3) is 0 Å². The molecule has 3 nitrogen and oxygen atoms in total. The van der Waals surface area contributed by atoms with E-state index in [2.05, 4.69) is 15.9 Å². The molecular weight excluding hydrogens is 263 g/mol.